The van der Waals surface area contributed by atoms with Crippen LogP contribution in [0, 0.1) is 12.8 Å². The highest BCUT2D eigenvalue weighted by Gasteiger charge is 2.22. The number of likely N-dealkylation sites (tertiary alicyclic amines) is 1. The fourth-order valence-corrected chi connectivity index (χ4v) is 3.51. The van der Waals surface area contributed by atoms with Crippen molar-refractivity contribution >= 4 is 0 Å². The maximum Gasteiger partial charge on any atom is 0.137 e. The topological polar surface area (TPSA) is 13.7 Å². The van der Waals surface area contributed by atoms with Crippen LogP contribution in [-0.2, 0) is 6.42 Å². The summed E-state index contributed by atoms with van der Waals surface area (Å²) in [7, 11) is 0. The van der Waals surface area contributed by atoms with Gasteiger partial charge in [-0.2, -0.15) is 0 Å². The van der Waals surface area contributed by atoms with Crippen molar-refractivity contribution in [3.63, 3.8) is 0 Å². The van der Waals surface area contributed by atoms with Gasteiger partial charge in [0.1, 0.15) is 18.9 Å². The van der Waals surface area contributed by atoms with Gasteiger partial charge in [-0.05, 0) is 49.3 Å². The predicted molar refractivity (Wildman–Crippen MR) is 95.1 cm³/mol. The highest BCUT2D eigenvalue weighted by Crippen LogP contribution is 2.17. The summed E-state index contributed by atoms with van der Waals surface area (Å²) in [6.07, 6.45) is 3.93. The van der Waals surface area contributed by atoms with Gasteiger partial charge in [0.05, 0.1) is 13.1 Å². The van der Waals surface area contributed by atoms with Crippen LogP contribution in [-0.4, -0.2) is 26.2 Å². The minimum absolute atomic E-state index is 0.823. The van der Waals surface area contributed by atoms with E-state index in [0.29, 0.717) is 0 Å². The Bertz CT molecular complexity index is 588. The average molecular weight is 310 g/mol. The summed E-state index contributed by atoms with van der Waals surface area (Å²) < 4.78 is 5.94. The third kappa shape index (κ3) is 4.84. The largest absolute Gasteiger partial charge is 0.487 e. The minimum Gasteiger partial charge on any atom is -0.487 e. The van der Waals surface area contributed by atoms with Crippen molar-refractivity contribution < 1.29 is 9.64 Å². The monoisotopic (exact) mass is 310 g/mol. The van der Waals surface area contributed by atoms with Crippen LogP contribution in [0.2, 0.25) is 0 Å². The van der Waals surface area contributed by atoms with Crippen LogP contribution in [0.5, 0.6) is 5.75 Å². The first-order valence-corrected chi connectivity index (χ1v) is 8.87. The van der Waals surface area contributed by atoms with Gasteiger partial charge in [-0.25, -0.2) is 0 Å². The van der Waals surface area contributed by atoms with Crippen molar-refractivity contribution in [1.29, 1.82) is 0 Å². The molecular formula is C21H28NO+. The molecule has 1 fully saturated rings. The molecule has 0 amide bonds. The molecule has 1 aliphatic rings. The van der Waals surface area contributed by atoms with Crippen LogP contribution < -0.4 is 9.64 Å². The van der Waals surface area contributed by atoms with Gasteiger partial charge in [-0.15, -0.1) is 0 Å². The zero-order valence-electron chi connectivity index (χ0n) is 14.1. The molecule has 3 rings (SSSR count). The number of rotatable bonds is 6. The highest BCUT2D eigenvalue weighted by molar-refractivity contribution is 5.31. The normalized spacial score (nSPS) is 21.1. The molecule has 2 nitrogen and oxygen atoms in total. The third-order valence-corrected chi connectivity index (χ3v) is 4.99. The summed E-state index contributed by atoms with van der Waals surface area (Å²) in [5.74, 6) is 1.89. The Morgan fingerprint density at radius 1 is 0.957 bits per heavy atom. The van der Waals surface area contributed by atoms with Crippen molar-refractivity contribution in [2.24, 2.45) is 5.92 Å². The van der Waals surface area contributed by atoms with E-state index in [2.05, 4.69) is 55.5 Å². The van der Waals surface area contributed by atoms with Crippen LogP contribution >= 0.6 is 0 Å². The Morgan fingerprint density at radius 3 is 2.39 bits per heavy atom. The Kier molecular flexibility index (Phi) is 5.71. The van der Waals surface area contributed by atoms with Crippen LogP contribution in [0.15, 0.2) is 54.6 Å². The second kappa shape index (κ2) is 8.16. The second-order valence-corrected chi connectivity index (χ2v) is 6.75. The molecule has 23 heavy (non-hydrogen) atoms. The van der Waals surface area contributed by atoms with E-state index in [1.54, 1.807) is 4.90 Å². The summed E-state index contributed by atoms with van der Waals surface area (Å²) in [4.78, 5) is 1.70. The molecule has 0 atom stereocenters. The molecule has 1 N–H and O–H groups in total. The van der Waals surface area contributed by atoms with Crippen LogP contribution in [0.3, 0.4) is 0 Å². The number of piperidine rings is 1. The Hall–Kier alpha value is -1.80. The van der Waals surface area contributed by atoms with Gasteiger partial charge >= 0.3 is 0 Å². The predicted octanol–water partition coefficient (Wildman–Crippen LogP) is 2.91. The number of nitrogens with one attached hydrogen (secondary N) is 1. The first-order valence-electron chi connectivity index (χ1n) is 8.87. The Balaban J connectivity index is 1.37. The van der Waals surface area contributed by atoms with Crippen LogP contribution in [0.4, 0.5) is 0 Å². The van der Waals surface area contributed by atoms with Crippen LogP contribution in [0.1, 0.15) is 24.0 Å². The third-order valence-electron chi connectivity index (χ3n) is 4.99. The first-order chi connectivity index (χ1) is 11.3. The molecule has 0 unspecified atom stereocenters. The van der Waals surface area contributed by atoms with E-state index in [9.17, 15) is 0 Å². The molecule has 0 saturated carbocycles. The molecule has 0 bridgehead atoms. The second-order valence-electron chi connectivity index (χ2n) is 6.75. The highest BCUT2D eigenvalue weighted by atomic mass is 16.5. The molecule has 1 aliphatic heterocycles. The van der Waals surface area contributed by atoms with E-state index < -0.39 is 0 Å². The minimum atomic E-state index is 0.823. The van der Waals surface area contributed by atoms with E-state index in [1.807, 2.05) is 6.07 Å². The number of benzene rings is 2. The molecule has 1 heterocycles. The SMILES string of the molecule is Cc1ccccc1OCC[NH+]1CCC(Cc2ccccc2)CC1. The summed E-state index contributed by atoms with van der Waals surface area (Å²) in [5, 5.41) is 0. The molecular weight excluding hydrogens is 282 g/mol. The lowest BCUT2D eigenvalue weighted by molar-refractivity contribution is -0.906. The fraction of sp³-hybridized carbons (Fsp3) is 0.429. The molecule has 2 aromatic rings. The van der Waals surface area contributed by atoms with E-state index in [-0.39, 0.29) is 0 Å². The van der Waals surface area contributed by atoms with Gasteiger partial charge < -0.3 is 9.64 Å². The number of quaternary nitrogens is 1. The van der Waals surface area contributed by atoms with E-state index >= 15 is 0 Å². The lowest BCUT2D eigenvalue weighted by Crippen LogP contribution is -3.13. The number of ether oxygens (including phenoxy) is 1. The number of para-hydroxylation sites is 1. The molecule has 0 spiro atoms. The van der Waals surface area contributed by atoms with Crippen molar-refractivity contribution in [2.75, 3.05) is 26.2 Å². The standard InChI is InChI=1S/C21H27NO/c1-18-7-5-6-10-21(18)23-16-15-22-13-11-20(12-14-22)17-19-8-3-2-4-9-19/h2-10,20H,11-17H2,1H3/p+1. The van der Waals surface area contributed by atoms with Crippen molar-refractivity contribution in [1.82, 2.24) is 0 Å². The van der Waals surface area contributed by atoms with E-state index in [1.165, 1.54) is 43.5 Å². The van der Waals surface area contributed by atoms with Crippen LogP contribution in [0.25, 0.3) is 0 Å². The maximum absolute atomic E-state index is 5.94. The molecule has 0 aromatic heterocycles. The summed E-state index contributed by atoms with van der Waals surface area (Å²) >= 11 is 0. The summed E-state index contributed by atoms with van der Waals surface area (Å²) in [6, 6.07) is 19.2. The molecule has 0 radical (unpaired) electrons. The van der Waals surface area contributed by atoms with Crippen molar-refractivity contribution in [3.05, 3.63) is 65.7 Å². The van der Waals surface area contributed by atoms with E-state index in [0.717, 1.165) is 24.8 Å². The van der Waals surface area contributed by atoms with Crippen molar-refractivity contribution in [2.45, 2.75) is 26.2 Å². The zero-order chi connectivity index (χ0) is 15.9. The Labute approximate surface area is 140 Å². The van der Waals surface area contributed by atoms with Gasteiger partial charge in [-0.1, -0.05) is 48.5 Å². The summed E-state index contributed by atoms with van der Waals surface area (Å²) in [5.41, 5.74) is 2.72. The average Bonchev–Trinajstić information content (AvgIpc) is 2.59. The first kappa shape index (κ1) is 16.1. The molecule has 2 aromatic carbocycles. The van der Waals surface area contributed by atoms with Gasteiger partial charge in [0.25, 0.3) is 0 Å². The summed E-state index contributed by atoms with van der Waals surface area (Å²) in [6.45, 7) is 6.62. The zero-order valence-corrected chi connectivity index (χ0v) is 14.1. The number of aryl methyl sites for hydroxylation is 1. The fourth-order valence-electron chi connectivity index (χ4n) is 3.51. The van der Waals surface area contributed by atoms with Gasteiger partial charge in [0.15, 0.2) is 0 Å². The van der Waals surface area contributed by atoms with Gasteiger partial charge in [-0.3, -0.25) is 0 Å². The van der Waals surface area contributed by atoms with Gasteiger partial charge in [0, 0.05) is 0 Å². The number of hydrogen-bond donors (Lipinski definition) is 1. The maximum atomic E-state index is 5.94. The molecule has 122 valence electrons. The molecule has 1 saturated heterocycles. The quantitative estimate of drug-likeness (QED) is 0.866. The Morgan fingerprint density at radius 2 is 1.65 bits per heavy atom. The smallest absolute Gasteiger partial charge is 0.137 e. The number of hydrogen-bond acceptors (Lipinski definition) is 1. The van der Waals surface area contributed by atoms with Crippen molar-refractivity contribution in [3.8, 4) is 5.75 Å². The lowest BCUT2D eigenvalue weighted by Gasteiger charge is -2.29. The molecule has 0 aliphatic carbocycles. The molecule has 2 heteroatoms. The van der Waals surface area contributed by atoms with Gasteiger partial charge in [0.2, 0.25) is 0 Å². The van der Waals surface area contributed by atoms with E-state index in [4.69, 9.17) is 4.74 Å². The lowest BCUT2D eigenvalue weighted by atomic mass is 9.90.